The molecular formula is C11H22N2O. The molecule has 1 aliphatic rings. The number of hydrogen-bond donors (Lipinski definition) is 1. The second kappa shape index (κ2) is 5.89. The van der Waals surface area contributed by atoms with Gasteiger partial charge in [-0.1, -0.05) is 19.8 Å². The molecule has 1 saturated carbocycles. The van der Waals surface area contributed by atoms with Gasteiger partial charge in [0.25, 0.3) is 0 Å². The monoisotopic (exact) mass is 198 g/mol. The number of urea groups is 1. The van der Waals surface area contributed by atoms with Crippen LogP contribution in [0.15, 0.2) is 0 Å². The van der Waals surface area contributed by atoms with E-state index in [4.69, 9.17) is 0 Å². The van der Waals surface area contributed by atoms with Gasteiger partial charge in [-0.3, -0.25) is 0 Å². The SMILES string of the molecule is CCCCCN(C)C(=O)NC1CCC1. The maximum Gasteiger partial charge on any atom is 0.317 e. The van der Waals surface area contributed by atoms with Crippen molar-refractivity contribution in [1.29, 1.82) is 0 Å². The van der Waals surface area contributed by atoms with Gasteiger partial charge in [0.2, 0.25) is 0 Å². The summed E-state index contributed by atoms with van der Waals surface area (Å²) in [4.78, 5) is 13.4. The van der Waals surface area contributed by atoms with Gasteiger partial charge in [0.05, 0.1) is 0 Å². The largest absolute Gasteiger partial charge is 0.335 e. The summed E-state index contributed by atoms with van der Waals surface area (Å²) in [6, 6.07) is 0.557. The van der Waals surface area contributed by atoms with Crippen LogP contribution in [0, 0.1) is 0 Å². The number of rotatable bonds is 5. The van der Waals surface area contributed by atoms with Crippen molar-refractivity contribution in [3.63, 3.8) is 0 Å². The van der Waals surface area contributed by atoms with E-state index < -0.39 is 0 Å². The molecule has 0 aromatic heterocycles. The summed E-state index contributed by atoms with van der Waals surface area (Å²) >= 11 is 0. The highest BCUT2D eigenvalue weighted by Crippen LogP contribution is 2.18. The number of nitrogens with one attached hydrogen (secondary N) is 1. The van der Waals surface area contributed by atoms with Crippen molar-refractivity contribution in [2.75, 3.05) is 13.6 Å². The molecule has 2 amide bonds. The van der Waals surface area contributed by atoms with Crippen LogP contribution in [0.1, 0.15) is 45.4 Å². The smallest absolute Gasteiger partial charge is 0.317 e. The van der Waals surface area contributed by atoms with E-state index in [-0.39, 0.29) is 6.03 Å². The Labute approximate surface area is 86.9 Å². The lowest BCUT2D eigenvalue weighted by atomic mass is 9.93. The van der Waals surface area contributed by atoms with Crippen LogP contribution in [0.2, 0.25) is 0 Å². The van der Waals surface area contributed by atoms with E-state index >= 15 is 0 Å². The van der Waals surface area contributed by atoms with E-state index in [0.29, 0.717) is 6.04 Å². The first-order chi connectivity index (χ1) is 6.74. The third kappa shape index (κ3) is 3.56. The second-order valence-corrected chi connectivity index (χ2v) is 4.21. The average molecular weight is 198 g/mol. The number of nitrogens with zero attached hydrogens (tertiary/aromatic N) is 1. The van der Waals surface area contributed by atoms with Gasteiger partial charge < -0.3 is 10.2 Å². The lowest BCUT2D eigenvalue weighted by molar-refractivity contribution is 0.196. The van der Waals surface area contributed by atoms with E-state index in [1.54, 1.807) is 4.90 Å². The van der Waals surface area contributed by atoms with Crippen LogP contribution in [0.3, 0.4) is 0 Å². The molecule has 0 spiro atoms. The third-order valence-corrected chi connectivity index (χ3v) is 2.88. The van der Waals surface area contributed by atoms with Gasteiger partial charge >= 0.3 is 6.03 Å². The highest BCUT2D eigenvalue weighted by molar-refractivity contribution is 5.74. The van der Waals surface area contributed by atoms with Crippen molar-refractivity contribution < 1.29 is 4.79 Å². The highest BCUT2D eigenvalue weighted by atomic mass is 16.2. The van der Waals surface area contributed by atoms with E-state index in [2.05, 4.69) is 12.2 Å². The fourth-order valence-electron chi connectivity index (χ4n) is 1.54. The molecule has 1 fully saturated rings. The first-order valence-electron chi connectivity index (χ1n) is 5.75. The lowest BCUT2D eigenvalue weighted by Gasteiger charge is -2.29. The quantitative estimate of drug-likeness (QED) is 0.676. The van der Waals surface area contributed by atoms with Crippen molar-refractivity contribution in [3.8, 4) is 0 Å². The van der Waals surface area contributed by atoms with Crippen molar-refractivity contribution >= 4 is 6.03 Å². The van der Waals surface area contributed by atoms with Crippen LogP contribution in [0.4, 0.5) is 4.79 Å². The summed E-state index contributed by atoms with van der Waals surface area (Å²) in [7, 11) is 1.88. The van der Waals surface area contributed by atoms with Crippen LogP contribution >= 0.6 is 0 Å². The molecule has 0 atom stereocenters. The maximum atomic E-state index is 11.6. The van der Waals surface area contributed by atoms with E-state index in [1.807, 2.05) is 7.05 Å². The molecule has 1 rings (SSSR count). The normalized spacial score (nSPS) is 16.1. The van der Waals surface area contributed by atoms with Crippen LogP contribution in [-0.2, 0) is 0 Å². The zero-order valence-electron chi connectivity index (χ0n) is 9.38. The van der Waals surface area contributed by atoms with Gasteiger partial charge in [0, 0.05) is 19.6 Å². The molecule has 1 N–H and O–H groups in total. The number of unbranched alkanes of at least 4 members (excludes halogenated alkanes) is 2. The van der Waals surface area contributed by atoms with Gasteiger partial charge in [-0.2, -0.15) is 0 Å². The van der Waals surface area contributed by atoms with Gasteiger partial charge in [-0.05, 0) is 25.7 Å². The minimum absolute atomic E-state index is 0.103. The van der Waals surface area contributed by atoms with Gasteiger partial charge in [0.15, 0.2) is 0 Å². The molecular weight excluding hydrogens is 176 g/mol. The molecule has 1 aliphatic carbocycles. The molecule has 0 bridgehead atoms. The Bertz CT molecular complexity index is 178. The molecule has 14 heavy (non-hydrogen) atoms. The minimum Gasteiger partial charge on any atom is -0.335 e. The molecule has 0 heterocycles. The van der Waals surface area contributed by atoms with Gasteiger partial charge in [0.1, 0.15) is 0 Å². The number of amides is 2. The van der Waals surface area contributed by atoms with E-state index in [9.17, 15) is 4.79 Å². The molecule has 0 aliphatic heterocycles. The van der Waals surface area contributed by atoms with Crippen molar-refractivity contribution in [1.82, 2.24) is 10.2 Å². The Morgan fingerprint density at radius 3 is 2.64 bits per heavy atom. The molecule has 0 aromatic rings. The Kier molecular flexibility index (Phi) is 4.77. The molecule has 0 unspecified atom stereocenters. The third-order valence-electron chi connectivity index (χ3n) is 2.88. The lowest BCUT2D eigenvalue weighted by Crippen LogP contribution is -2.46. The van der Waals surface area contributed by atoms with Gasteiger partial charge in [-0.15, -0.1) is 0 Å². The van der Waals surface area contributed by atoms with Crippen molar-refractivity contribution in [3.05, 3.63) is 0 Å². The predicted molar refractivity (Wildman–Crippen MR) is 58.3 cm³/mol. The Hall–Kier alpha value is -0.730. The first-order valence-corrected chi connectivity index (χ1v) is 5.75. The van der Waals surface area contributed by atoms with Gasteiger partial charge in [-0.25, -0.2) is 4.79 Å². The Balaban J connectivity index is 2.08. The summed E-state index contributed by atoms with van der Waals surface area (Å²) in [5, 5.41) is 3.03. The topological polar surface area (TPSA) is 32.3 Å². The number of carbonyl (C=O) groups is 1. The van der Waals surface area contributed by atoms with Crippen LogP contribution in [0.25, 0.3) is 0 Å². The van der Waals surface area contributed by atoms with E-state index in [0.717, 1.165) is 25.8 Å². The Morgan fingerprint density at radius 2 is 2.14 bits per heavy atom. The summed E-state index contributed by atoms with van der Waals surface area (Å²) < 4.78 is 0. The Morgan fingerprint density at radius 1 is 1.43 bits per heavy atom. The summed E-state index contributed by atoms with van der Waals surface area (Å²) in [5.74, 6) is 0. The van der Waals surface area contributed by atoms with Crippen LogP contribution in [-0.4, -0.2) is 30.6 Å². The molecule has 0 saturated heterocycles. The molecule has 0 radical (unpaired) electrons. The second-order valence-electron chi connectivity index (χ2n) is 4.21. The van der Waals surface area contributed by atoms with Crippen molar-refractivity contribution in [2.45, 2.75) is 51.5 Å². The fraction of sp³-hybridized carbons (Fsp3) is 0.909. The molecule has 3 heteroatoms. The zero-order chi connectivity index (χ0) is 10.4. The molecule has 0 aromatic carbocycles. The van der Waals surface area contributed by atoms with Crippen LogP contribution in [0.5, 0.6) is 0 Å². The first kappa shape index (κ1) is 11.3. The van der Waals surface area contributed by atoms with Crippen molar-refractivity contribution in [2.24, 2.45) is 0 Å². The highest BCUT2D eigenvalue weighted by Gasteiger charge is 2.20. The predicted octanol–water partition coefficient (Wildman–Crippen LogP) is 2.37. The standard InChI is InChI=1S/C11H22N2O/c1-3-4-5-9-13(2)11(14)12-10-7-6-8-10/h10H,3-9H2,1-2H3,(H,12,14). The summed E-state index contributed by atoms with van der Waals surface area (Å²) in [5.41, 5.74) is 0. The maximum absolute atomic E-state index is 11.6. The average Bonchev–Trinajstić information content (AvgIpc) is 2.11. The number of carbonyl (C=O) groups excluding carboxylic acids is 1. The molecule has 82 valence electrons. The summed E-state index contributed by atoms with van der Waals surface area (Å²) in [6.07, 6.45) is 7.12. The number of hydrogen-bond acceptors (Lipinski definition) is 1. The fourth-order valence-corrected chi connectivity index (χ4v) is 1.54. The molecule has 3 nitrogen and oxygen atoms in total. The van der Waals surface area contributed by atoms with E-state index in [1.165, 1.54) is 19.3 Å². The summed E-state index contributed by atoms with van der Waals surface area (Å²) in [6.45, 7) is 3.06. The minimum atomic E-state index is 0.103. The van der Waals surface area contributed by atoms with Crippen LogP contribution < -0.4 is 5.32 Å². The zero-order valence-corrected chi connectivity index (χ0v) is 9.38.